The third-order valence-electron chi connectivity index (χ3n) is 3.69. The Kier molecular flexibility index (Phi) is 4.82. The topological polar surface area (TPSA) is 62.3 Å². The highest BCUT2D eigenvalue weighted by Crippen LogP contribution is 2.31. The van der Waals surface area contributed by atoms with E-state index in [9.17, 15) is 0 Å². The van der Waals surface area contributed by atoms with Gasteiger partial charge in [-0.25, -0.2) is 4.68 Å². The fraction of sp³-hybridized carbons (Fsp3) is 0.211. The third kappa shape index (κ3) is 3.26. The van der Waals surface area contributed by atoms with Crippen molar-refractivity contribution in [1.82, 2.24) is 9.78 Å². The van der Waals surface area contributed by atoms with Crippen molar-refractivity contribution in [1.29, 1.82) is 0 Å². The number of benzene rings is 2. The van der Waals surface area contributed by atoms with Gasteiger partial charge in [-0.2, -0.15) is 5.10 Å². The van der Waals surface area contributed by atoms with Crippen molar-refractivity contribution in [3.63, 3.8) is 0 Å². The van der Waals surface area contributed by atoms with Gasteiger partial charge in [0, 0.05) is 6.54 Å². The smallest absolute Gasteiger partial charge is 0.227 e. The number of nitrogens with zero attached hydrogens (tertiary/aromatic N) is 2. The van der Waals surface area contributed by atoms with Crippen molar-refractivity contribution in [2.45, 2.75) is 20.4 Å². The predicted molar refractivity (Wildman–Crippen MR) is 93.9 cm³/mol. The second-order valence-electron chi connectivity index (χ2n) is 5.33. The molecule has 5 heteroatoms. The average molecular weight is 323 g/mol. The van der Waals surface area contributed by atoms with Gasteiger partial charge in [0.1, 0.15) is 11.5 Å². The maximum absolute atomic E-state index is 6.10. The van der Waals surface area contributed by atoms with Crippen LogP contribution in [0.3, 0.4) is 0 Å². The molecule has 0 amide bonds. The number of ether oxygens (including phenoxy) is 2. The van der Waals surface area contributed by atoms with E-state index in [4.69, 9.17) is 15.2 Å². The molecule has 2 aromatic carbocycles. The summed E-state index contributed by atoms with van der Waals surface area (Å²) in [5.41, 5.74) is 8.60. The highest BCUT2D eigenvalue weighted by molar-refractivity contribution is 5.43. The normalized spacial score (nSPS) is 10.6. The molecule has 1 heterocycles. The summed E-state index contributed by atoms with van der Waals surface area (Å²) >= 11 is 0. The number of rotatable bonds is 6. The van der Waals surface area contributed by atoms with E-state index in [0.29, 0.717) is 24.8 Å². The molecule has 0 saturated heterocycles. The minimum Gasteiger partial charge on any atom is -0.494 e. The average Bonchev–Trinajstić information content (AvgIpc) is 2.93. The van der Waals surface area contributed by atoms with Gasteiger partial charge in [0.2, 0.25) is 5.88 Å². The lowest BCUT2D eigenvalue weighted by molar-refractivity contribution is 0.339. The maximum atomic E-state index is 6.10. The molecular weight excluding hydrogens is 302 g/mol. The van der Waals surface area contributed by atoms with E-state index >= 15 is 0 Å². The summed E-state index contributed by atoms with van der Waals surface area (Å²) in [6.07, 6.45) is 0. The molecule has 0 aliphatic rings. The minimum atomic E-state index is 0.366. The molecule has 0 spiro atoms. The van der Waals surface area contributed by atoms with Crippen molar-refractivity contribution in [2.75, 3.05) is 6.61 Å². The van der Waals surface area contributed by atoms with Gasteiger partial charge in [0.25, 0.3) is 0 Å². The van der Waals surface area contributed by atoms with Gasteiger partial charge >= 0.3 is 0 Å². The summed E-state index contributed by atoms with van der Waals surface area (Å²) < 4.78 is 13.4. The van der Waals surface area contributed by atoms with E-state index < -0.39 is 0 Å². The van der Waals surface area contributed by atoms with Crippen LogP contribution in [0.25, 0.3) is 5.69 Å². The molecule has 0 fully saturated rings. The Hall–Kier alpha value is -2.79. The fourth-order valence-corrected chi connectivity index (χ4v) is 2.50. The third-order valence-corrected chi connectivity index (χ3v) is 3.69. The van der Waals surface area contributed by atoms with Crippen molar-refractivity contribution in [3.05, 3.63) is 65.9 Å². The zero-order valence-electron chi connectivity index (χ0n) is 13.9. The summed E-state index contributed by atoms with van der Waals surface area (Å²) in [6.45, 7) is 4.90. The Morgan fingerprint density at radius 1 is 1.00 bits per heavy atom. The Labute approximate surface area is 141 Å². The van der Waals surface area contributed by atoms with Gasteiger partial charge in [-0.3, -0.25) is 0 Å². The molecule has 0 aliphatic heterocycles. The van der Waals surface area contributed by atoms with Crippen LogP contribution in [0, 0.1) is 6.92 Å². The first-order valence-corrected chi connectivity index (χ1v) is 7.97. The number of hydrogen-bond donors (Lipinski definition) is 1. The van der Waals surface area contributed by atoms with Gasteiger partial charge < -0.3 is 15.2 Å². The molecule has 0 aliphatic carbocycles. The van der Waals surface area contributed by atoms with Gasteiger partial charge in [-0.05, 0) is 50.2 Å². The molecule has 0 atom stereocenters. The van der Waals surface area contributed by atoms with Crippen LogP contribution in [0.1, 0.15) is 18.2 Å². The first-order valence-electron chi connectivity index (χ1n) is 7.97. The van der Waals surface area contributed by atoms with Crippen LogP contribution in [0.15, 0.2) is 54.6 Å². The van der Waals surface area contributed by atoms with E-state index in [0.717, 1.165) is 22.7 Å². The zero-order chi connectivity index (χ0) is 16.9. The maximum Gasteiger partial charge on any atom is 0.227 e. The van der Waals surface area contributed by atoms with Gasteiger partial charge in [-0.1, -0.05) is 18.2 Å². The van der Waals surface area contributed by atoms with Crippen LogP contribution in [-0.2, 0) is 6.54 Å². The van der Waals surface area contributed by atoms with E-state index in [-0.39, 0.29) is 0 Å². The molecule has 0 unspecified atom stereocenters. The lowest BCUT2D eigenvalue weighted by atomic mass is 10.2. The monoisotopic (exact) mass is 323 g/mol. The SMILES string of the molecule is CCOc1ccc(Oc2c(CN)c(C)nn2-c2ccccc2)cc1. The standard InChI is InChI=1S/C19H21N3O2/c1-3-23-16-9-11-17(12-10-16)24-19-18(13-20)14(2)21-22(19)15-7-5-4-6-8-15/h4-12H,3,13,20H2,1-2H3. The second kappa shape index (κ2) is 7.19. The first-order chi connectivity index (χ1) is 11.7. The van der Waals surface area contributed by atoms with Crippen LogP contribution < -0.4 is 15.2 Å². The molecule has 3 aromatic rings. The number of nitrogens with two attached hydrogens (primary N) is 1. The molecule has 2 N–H and O–H groups in total. The van der Waals surface area contributed by atoms with Crippen LogP contribution in [-0.4, -0.2) is 16.4 Å². The molecule has 5 nitrogen and oxygen atoms in total. The Balaban J connectivity index is 1.97. The van der Waals surface area contributed by atoms with Crippen LogP contribution in [0.2, 0.25) is 0 Å². The number of hydrogen-bond acceptors (Lipinski definition) is 4. The van der Waals surface area contributed by atoms with E-state index in [2.05, 4.69) is 5.10 Å². The first kappa shape index (κ1) is 16.1. The Morgan fingerprint density at radius 3 is 2.29 bits per heavy atom. The molecule has 24 heavy (non-hydrogen) atoms. The van der Waals surface area contributed by atoms with Crippen LogP contribution in [0.5, 0.6) is 17.4 Å². The van der Waals surface area contributed by atoms with Crippen molar-refractivity contribution < 1.29 is 9.47 Å². The molecule has 1 aromatic heterocycles. The molecule has 0 radical (unpaired) electrons. The van der Waals surface area contributed by atoms with Gasteiger partial charge in [0.05, 0.1) is 23.6 Å². The second-order valence-corrected chi connectivity index (χ2v) is 5.33. The lowest BCUT2D eigenvalue weighted by Crippen LogP contribution is -2.03. The van der Waals surface area contributed by atoms with E-state index in [1.807, 2.05) is 68.4 Å². The number of para-hydroxylation sites is 1. The fourth-order valence-electron chi connectivity index (χ4n) is 2.50. The van der Waals surface area contributed by atoms with Crippen LogP contribution >= 0.6 is 0 Å². The summed E-state index contributed by atoms with van der Waals surface area (Å²) in [5, 5.41) is 4.58. The number of aromatic nitrogens is 2. The highest BCUT2D eigenvalue weighted by atomic mass is 16.5. The summed E-state index contributed by atoms with van der Waals surface area (Å²) in [7, 11) is 0. The largest absolute Gasteiger partial charge is 0.494 e. The lowest BCUT2D eigenvalue weighted by Gasteiger charge is -2.11. The van der Waals surface area contributed by atoms with Gasteiger partial charge in [0.15, 0.2) is 0 Å². The van der Waals surface area contributed by atoms with Crippen molar-refractivity contribution >= 4 is 0 Å². The van der Waals surface area contributed by atoms with E-state index in [1.54, 1.807) is 4.68 Å². The Morgan fingerprint density at radius 2 is 1.67 bits per heavy atom. The van der Waals surface area contributed by atoms with Gasteiger partial charge in [-0.15, -0.1) is 0 Å². The minimum absolute atomic E-state index is 0.366. The molecule has 124 valence electrons. The predicted octanol–water partition coefficient (Wildman–Crippen LogP) is 3.83. The Bertz CT molecular complexity index is 795. The van der Waals surface area contributed by atoms with Crippen LogP contribution in [0.4, 0.5) is 0 Å². The summed E-state index contributed by atoms with van der Waals surface area (Å²) in [6, 6.07) is 17.4. The van der Waals surface area contributed by atoms with Crippen molar-refractivity contribution in [2.24, 2.45) is 5.73 Å². The van der Waals surface area contributed by atoms with E-state index in [1.165, 1.54) is 0 Å². The zero-order valence-corrected chi connectivity index (χ0v) is 13.9. The molecule has 3 rings (SSSR count). The summed E-state index contributed by atoms with van der Waals surface area (Å²) in [5.74, 6) is 2.17. The van der Waals surface area contributed by atoms with Crippen molar-refractivity contribution in [3.8, 4) is 23.1 Å². The molecule has 0 saturated carbocycles. The highest BCUT2D eigenvalue weighted by Gasteiger charge is 2.17. The molecular formula is C19H21N3O2. The molecule has 0 bridgehead atoms. The number of aryl methyl sites for hydroxylation is 1. The summed E-state index contributed by atoms with van der Waals surface area (Å²) in [4.78, 5) is 0. The quantitative estimate of drug-likeness (QED) is 0.749.